The van der Waals surface area contributed by atoms with Gasteiger partial charge in [-0.05, 0) is 62.5 Å². The van der Waals surface area contributed by atoms with Gasteiger partial charge in [0.1, 0.15) is 11.4 Å². The van der Waals surface area contributed by atoms with Gasteiger partial charge in [-0.1, -0.05) is 0 Å². The molecule has 3 heterocycles. The van der Waals surface area contributed by atoms with Crippen LogP contribution in [0.1, 0.15) is 38.2 Å². The quantitative estimate of drug-likeness (QED) is 0.489. The topological polar surface area (TPSA) is 59.5 Å². The molecule has 11 heteroatoms. The lowest BCUT2D eigenvalue weighted by molar-refractivity contribution is -0.137. The maximum Gasteiger partial charge on any atom is 0.420 e. The Morgan fingerprint density at radius 2 is 1.73 bits per heavy atom. The van der Waals surface area contributed by atoms with Crippen molar-refractivity contribution in [3.63, 3.8) is 0 Å². The minimum Gasteiger partial charge on any atom is -0.491 e. The number of halogens is 5. The molecule has 202 valence electrons. The van der Waals surface area contributed by atoms with Crippen molar-refractivity contribution in [2.24, 2.45) is 17.8 Å². The van der Waals surface area contributed by atoms with Gasteiger partial charge in [0.05, 0.1) is 12.3 Å². The van der Waals surface area contributed by atoms with Crippen LogP contribution in [-0.2, 0) is 10.9 Å². The first-order chi connectivity index (χ1) is 17.7. The van der Waals surface area contributed by atoms with E-state index in [1.165, 1.54) is 0 Å². The van der Waals surface area contributed by atoms with Crippen molar-refractivity contribution in [1.29, 1.82) is 0 Å². The monoisotopic (exact) mass is 526 g/mol. The van der Waals surface area contributed by atoms with Crippen LogP contribution >= 0.6 is 0 Å². The van der Waals surface area contributed by atoms with Crippen LogP contribution in [0.2, 0.25) is 0 Å². The largest absolute Gasteiger partial charge is 0.491 e. The zero-order valence-corrected chi connectivity index (χ0v) is 20.7. The average Bonchev–Trinajstić information content (AvgIpc) is 3.39. The second-order valence-electron chi connectivity index (χ2n) is 10.3. The molecule has 2 aromatic rings. The fourth-order valence-electron chi connectivity index (χ4n) is 5.99. The van der Waals surface area contributed by atoms with E-state index in [2.05, 4.69) is 20.4 Å². The first kappa shape index (κ1) is 26.1. The molecule has 1 aromatic heterocycles. The number of anilines is 1. The summed E-state index contributed by atoms with van der Waals surface area (Å²) in [5.41, 5.74) is -1.86. The number of fused-ring (bicyclic) bond motifs is 1. The average molecular weight is 527 g/mol. The van der Waals surface area contributed by atoms with Gasteiger partial charge >= 0.3 is 6.18 Å². The van der Waals surface area contributed by atoms with Crippen molar-refractivity contribution in [2.45, 2.75) is 44.8 Å². The highest BCUT2D eigenvalue weighted by molar-refractivity contribution is 5.64. The van der Waals surface area contributed by atoms with Crippen LogP contribution in [0, 0.1) is 29.4 Å². The van der Waals surface area contributed by atoms with E-state index in [9.17, 15) is 22.0 Å². The Morgan fingerprint density at radius 3 is 2.38 bits per heavy atom. The number of likely N-dealkylation sites (tertiary alicyclic amines) is 1. The van der Waals surface area contributed by atoms with Crippen LogP contribution in [0.3, 0.4) is 0 Å². The van der Waals surface area contributed by atoms with Gasteiger partial charge in [0, 0.05) is 50.5 Å². The predicted octanol–water partition coefficient (Wildman–Crippen LogP) is 5.39. The SMILES string of the molecule is CCOc1cc(F)c(-c2cc(C(F)(F)F)c(NC3CC4CN(CC5CCOCC5)C[C@H]4C3)nn2)cc1F. The minimum absolute atomic E-state index is 0.116. The van der Waals surface area contributed by atoms with Gasteiger partial charge in [0.2, 0.25) is 0 Å². The standard InChI is InChI=1S/C26H31F5N4O2/c1-2-37-24-11-21(27)19(9-22(24)28)23-10-20(26(29,30)31)25(34-33-23)32-18-7-16-13-35(14-17(16)8-18)12-15-3-5-36-6-4-15/h9-11,15-18H,2-8,12-14H2,1H3,(H,32,34)/t16-,17?,18?/m1/s1. The number of hydrogen-bond donors (Lipinski definition) is 1. The summed E-state index contributed by atoms with van der Waals surface area (Å²) >= 11 is 0. The van der Waals surface area contributed by atoms with E-state index in [1.807, 2.05) is 0 Å². The van der Waals surface area contributed by atoms with Crippen LogP contribution in [0.5, 0.6) is 5.75 Å². The van der Waals surface area contributed by atoms with Gasteiger partial charge in [-0.15, -0.1) is 10.2 Å². The van der Waals surface area contributed by atoms with Gasteiger partial charge in [0.15, 0.2) is 17.4 Å². The Morgan fingerprint density at radius 1 is 1.03 bits per heavy atom. The molecule has 0 radical (unpaired) electrons. The van der Waals surface area contributed by atoms with Gasteiger partial charge < -0.3 is 19.7 Å². The molecule has 3 fully saturated rings. The summed E-state index contributed by atoms with van der Waals surface area (Å²) in [7, 11) is 0. The number of aromatic nitrogens is 2. The highest BCUT2D eigenvalue weighted by Crippen LogP contribution is 2.42. The van der Waals surface area contributed by atoms with E-state index < -0.39 is 34.6 Å². The molecule has 5 rings (SSSR count). The van der Waals surface area contributed by atoms with Crippen molar-refractivity contribution < 1.29 is 31.4 Å². The third-order valence-corrected chi connectivity index (χ3v) is 7.72. The molecule has 0 amide bonds. The summed E-state index contributed by atoms with van der Waals surface area (Å²) in [4.78, 5) is 2.49. The second kappa shape index (κ2) is 10.7. The molecule has 1 aromatic carbocycles. The van der Waals surface area contributed by atoms with E-state index in [-0.39, 0.29) is 24.2 Å². The molecule has 6 nitrogen and oxygen atoms in total. The third-order valence-electron chi connectivity index (χ3n) is 7.72. The summed E-state index contributed by atoms with van der Waals surface area (Å²) in [5, 5.41) is 10.5. The predicted molar refractivity (Wildman–Crippen MR) is 127 cm³/mol. The molecular formula is C26H31F5N4O2. The van der Waals surface area contributed by atoms with Crippen molar-refractivity contribution in [2.75, 3.05) is 44.8 Å². The first-order valence-corrected chi connectivity index (χ1v) is 12.8. The zero-order chi connectivity index (χ0) is 26.2. The van der Waals surface area contributed by atoms with Gasteiger partial charge in [0.25, 0.3) is 0 Å². The van der Waals surface area contributed by atoms with Crippen LogP contribution in [0.4, 0.5) is 27.8 Å². The van der Waals surface area contributed by atoms with Gasteiger partial charge in [-0.25, -0.2) is 8.78 Å². The summed E-state index contributed by atoms with van der Waals surface area (Å²) in [6.45, 7) is 6.34. The molecule has 1 saturated carbocycles. The summed E-state index contributed by atoms with van der Waals surface area (Å²) in [6, 6.07) is 2.15. The molecule has 0 bridgehead atoms. The molecule has 2 aliphatic heterocycles. The Hall–Kier alpha value is -2.53. The van der Waals surface area contributed by atoms with Gasteiger partial charge in [-0.2, -0.15) is 13.2 Å². The Labute approximate surface area is 212 Å². The molecule has 37 heavy (non-hydrogen) atoms. The molecule has 3 aliphatic rings. The highest BCUT2D eigenvalue weighted by atomic mass is 19.4. The van der Waals surface area contributed by atoms with Crippen LogP contribution in [0.25, 0.3) is 11.3 Å². The first-order valence-electron chi connectivity index (χ1n) is 12.8. The van der Waals surface area contributed by atoms with E-state index in [1.54, 1.807) is 6.92 Å². The maximum atomic E-state index is 14.6. The maximum absolute atomic E-state index is 14.6. The lowest BCUT2D eigenvalue weighted by Gasteiger charge is -2.28. The van der Waals surface area contributed by atoms with Gasteiger partial charge in [-0.3, -0.25) is 0 Å². The molecule has 1 N–H and O–H groups in total. The minimum atomic E-state index is -4.75. The number of hydrogen-bond acceptors (Lipinski definition) is 6. The normalized spacial score (nSPS) is 24.9. The number of alkyl halides is 3. The third kappa shape index (κ3) is 5.82. The van der Waals surface area contributed by atoms with E-state index in [0.29, 0.717) is 17.8 Å². The van der Waals surface area contributed by atoms with Crippen LogP contribution < -0.4 is 10.1 Å². The molecule has 2 unspecified atom stereocenters. The smallest absolute Gasteiger partial charge is 0.420 e. The van der Waals surface area contributed by atoms with E-state index in [0.717, 1.165) is 76.7 Å². The van der Waals surface area contributed by atoms with Crippen molar-refractivity contribution in [1.82, 2.24) is 15.1 Å². The van der Waals surface area contributed by atoms with Crippen molar-refractivity contribution in [3.05, 3.63) is 35.4 Å². The van der Waals surface area contributed by atoms with Crippen molar-refractivity contribution in [3.8, 4) is 17.0 Å². The summed E-state index contributed by atoms with van der Waals surface area (Å²) in [6.07, 6.45) is -1.07. The summed E-state index contributed by atoms with van der Waals surface area (Å²) < 4.78 is 81.2. The second-order valence-corrected chi connectivity index (χ2v) is 10.3. The Kier molecular flexibility index (Phi) is 7.53. The fraction of sp³-hybridized carbons (Fsp3) is 0.615. The van der Waals surface area contributed by atoms with Crippen LogP contribution in [-0.4, -0.2) is 60.6 Å². The number of nitrogens with one attached hydrogen (secondary N) is 1. The lowest BCUT2D eigenvalue weighted by Crippen LogP contribution is -2.32. The molecular weight excluding hydrogens is 495 g/mol. The molecule has 2 saturated heterocycles. The Balaban J connectivity index is 1.28. The fourth-order valence-corrected chi connectivity index (χ4v) is 5.99. The van der Waals surface area contributed by atoms with Crippen molar-refractivity contribution >= 4 is 5.82 Å². The Bertz CT molecular complexity index is 1100. The highest BCUT2D eigenvalue weighted by Gasteiger charge is 2.43. The van der Waals surface area contributed by atoms with Crippen LogP contribution in [0.15, 0.2) is 18.2 Å². The summed E-state index contributed by atoms with van der Waals surface area (Å²) in [5.74, 6) is -1.02. The van der Waals surface area contributed by atoms with E-state index in [4.69, 9.17) is 9.47 Å². The number of benzene rings is 1. The molecule has 3 atom stereocenters. The number of rotatable bonds is 7. The van der Waals surface area contributed by atoms with E-state index >= 15 is 0 Å². The lowest BCUT2D eigenvalue weighted by atomic mass is 10.00. The number of ether oxygens (including phenoxy) is 2. The number of nitrogens with zero attached hydrogens (tertiary/aromatic N) is 3. The zero-order valence-electron chi connectivity index (χ0n) is 20.7. The molecule has 1 aliphatic carbocycles. The molecule has 0 spiro atoms.